The van der Waals surface area contributed by atoms with E-state index in [1.165, 1.54) is 49.1 Å². The van der Waals surface area contributed by atoms with Gasteiger partial charge in [0.25, 0.3) is 5.91 Å². The smallest absolute Gasteiger partial charge is 0.257 e. The van der Waals surface area contributed by atoms with E-state index in [0.717, 1.165) is 28.6 Å². The van der Waals surface area contributed by atoms with Gasteiger partial charge in [0.05, 0.1) is 12.8 Å². The van der Waals surface area contributed by atoms with E-state index < -0.39 is 0 Å². The molecule has 4 saturated carbocycles. The third-order valence-electron chi connectivity index (χ3n) is 6.91. The number of hydrogen-bond donors (Lipinski definition) is 1. The molecule has 1 amide bonds. The summed E-state index contributed by atoms with van der Waals surface area (Å²) in [7, 11) is 1.62. The number of rotatable bonds is 4. The quantitative estimate of drug-likeness (QED) is 0.793. The number of carbonyl (C=O) groups is 1. The fourth-order valence-corrected chi connectivity index (χ4v) is 7.18. The number of amides is 1. The Morgan fingerprint density at radius 1 is 1.11 bits per heavy atom. The Hall–Kier alpha value is -1.88. The van der Waals surface area contributed by atoms with Gasteiger partial charge >= 0.3 is 0 Å². The third kappa shape index (κ3) is 2.96. The van der Waals surface area contributed by atoms with E-state index in [-0.39, 0.29) is 11.3 Å². The molecule has 1 aromatic carbocycles. The lowest BCUT2D eigenvalue weighted by Crippen LogP contribution is -2.49. The van der Waals surface area contributed by atoms with Gasteiger partial charge in [-0.2, -0.15) is 0 Å². The Morgan fingerprint density at radius 3 is 2.26 bits per heavy atom. The summed E-state index contributed by atoms with van der Waals surface area (Å²) < 4.78 is 5.16. The van der Waals surface area contributed by atoms with Crippen molar-refractivity contribution in [2.24, 2.45) is 17.8 Å². The van der Waals surface area contributed by atoms with E-state index in [2.05, 4.69) is 12.2 Å². The van der Waals surface area contributed by atoms with Crippen LogP contribution in [-0.2, 0) is 5.41 Å². The van der Waals surface area contributed by atoms with Crippen LogP contribution < -0.4 is 10.1 Å². The van der Waals surface area contributed by atoms with Gasteiger partial charge in [0.1, 0.15) is 5.75 Å². The molecular weight excluding hydrogens is 356 g/mol. The number of hydrogen-bond acceptors (Lipinski definition) is 4. The van der Waals surface area contributed by atoms with Crippen LogP contribution in [-0.4, -0.2) is 18.0 Å². The predicted octanol–water partition coefficient (Wildman–Crippen LogP) is 5.18. The van der Waals surface area contributed by atoms with Crippen LogP contribution in [0.5, 0.6) is 5.75 Å². The zero-order valence-corrected chi connectivity index (χ0v) is 16.8. The molecule has 5 heteroatoms. The molecule has 1 heterocycles. The first kappa shape index (κ1) is 17.2. The van der Waals surface area contributed by atoms with Crippen molar-refractivity contribution in [1.82, 2.24) is 4.98 Å². The average molecular weight is 383 g/mol. The largest absolute Gasteiger partial charge is 0.497 e. The maximum Gasteiger partial charge on any atom is 0.257 e. The summed E-state index contributed by atoms with van der Waals surface area (Å²) in [6, 6.07) is 7.19. The van der Waals surface area contributed by atoms with Crippen molar-refractivity contribution < 1.29 is 9.53 Å². The van der Waals surface area contributed by atoms with Gasteiger partial charge in [0.2, 0.25) is 0 Å². The molecule has 4 aliphatic rings. The number of nitrogens with zero attached hydrogens (tertiary/aromatic N) is 1. The van der Waals surface area contributed by atoms with E-state index in [9.17, 15) is 4.79 Å². The van der Waals surface area contributed by atoms with E-state index in [4.69, 9.17) is 9.72 Å². The zero-order chi connectivity index (χ0) is 18.6. The highest BCUT2D eigenvalue weighted by atomic mass is 32.1. The first-order valence-electron chi connectivity index (χ1n) is 9.98. The number of aromatic nitrogens is 1. The molecule has 4 aliphatic carbocycles. The molecule has 0 aliphatic heterocycles. The Morgan fingerprint density at radius 2 is 1.70 bits per heavy atom. The lowest BCUT2D eigenvalue weighted by Gasteiger charge is -2.56. The van der Waals surface area contributed by atoms with Gasteiger partial charge in [-0.15, -0.1) is 11.3 Å². The molecule has 4 bridgehead atoms. The lowest BCUT2D eigenvalue weighted by atomic mass is 9.48. The fourth-order valence-electron chi connectivity index (χ4n) is 6.25. The second kappa shape index (κ2) is 6.33. The normalized spacial score (nSPS) is 31.1. The van der Waals surface area contributed by atoms with E-state index in [1.54, 1.807) is 30.6 Å². The summed E-state index contributed by atoms with van der Waals surface area (Å²) >= 11 is 1.63. The summed E-state index contributed by atoms with van der Waals surface area (Å²) in [6.45, 7) is 2.18. The molecule has 0 radical (unpaired) electrons. The molecule has 0 atom stereocenters. The summed E-state index contributed by atoms with van der Waals surface area (Å²) in [5.41, 5.74) is 2.18. The summed E-state index contributed by atoms with van der Waals surface area (Å²) in [4.78, 5) is 18.8. The number of thiazole rings is 1. The Bertz CT molecular complexity index is 836. The standard InChI is InChI=1S/C22H26N2O2S/c1-13-19(22-10-14-7-15(11-22)9-16(8-14)12-22)23-21(27-13)24-20(25)17-3-5-18(26-2)6-4-17/h3-6,14-16H,7-12H2,1-2H3,(H,23,24,25). The number of carbonyl (C=O) groups excluding carboxylic acids is 1. The van der Waals surface area contributed by atoms with Crippen LogP contribution in [0.2, 0.25) is 0 Å². The molecule has 2 aromatic rings. The molecule has 4 nitrogen and oxygen atoms in total. The zero-order valence-electron chi connectivity index (χ0n) is 16.0. The summed E-state index contributed by atoms with van der Waals surface area (Å²) in [5, 5.41) is 3.75. The van der Waals surface area contributed by atoms with E-state index >= 15 is 0 Å². The number of benzene rings is 1. The van der Waals surface area contributed by atoms with Crippen LogP contribution in [0.3, 0.4) is 0 Å². The van der Waals surface area contributed by atoms with Crippen molar-refractivity contribution in [3.8, 4) is 5.75 Å². The molecule has 6 rings (SSSR count). The summed E-state index contributed by atoms with van der Waals surface area (Å²) in [5.74, 6) is 3.34. The van der Waals surface area contributed by atoms with Gasteiger partial charge in [0.15, 0.2) is 5.13 Å². The SMILES string of the molecule is COc1ccc(C(=O)Nc2nc(C34CC5CC(CC(C5)C3)C4)c(C)s2)cc1. The molecule has 1 N–H and O–H groups in total. The minimum Gasteiger partial charge on any atom is -0.497 e. The second-order valence-electron chi connectivity index (χ2n) is 8.80. The second-order valence-corrected chi connectivity index (χ2v) is 10.0. The van der Waals surface area contributed by atoms with E-state index in [0.29, 0.717) is 5.56 Å². The molecule has 0 spiro atoms. The van der Waals surface area contributed by atoms with Gasteiger partial charge < -0.3 is 4.74 Å². The van der Waals surface area contributed by atoms with Crippen molar-refractivity contribution in [1.29, 1.82) is 0 Å². The maximum absolute atomic E-state index is 12.6. The predicted molar refractivity (Wildman–Crippen MR) is 108 cm³/mol. The van der Waals surface area contributed by atoms with Gasteiger partial charge in [-0.3, -0.25) is 10.1 Å². The first-order valence-corrected chi connectivity index (χ1v) is 10.8. The van der Waals surface area contributed by atoms with Crippen LogP contribution in [0.1, 0.15) is 59.5 Å². The van der Waals surface area contributed by atoms with Gasteiger partial charge in [-0.25, -0.2) is 4.98 Å². The fraction of sp³-hybridized carbons (Fsp3) is 0.545. The van der Waals surface area contributed by atoms with Crippen molar-refractivity contribution >= 4 is 22.4 Å². The molecule has 1 aromatic heterocycles. The molecule has 27 heavy (non-hydrogen) atoms. The number of anilines is 1. The van der Waals surface area contributed by atoms with Crippen molar-refractivity contribution in [3.05, 3.63) is 40.4 Å². The van der Waals surface area contributed by atoms with Crippen molar-refractivity contribution in [2.75, 3.05) is 12.4 Å². The lowest BCUT2D eigenvalue weighted by molar-refractivity contribution is -0.00715. The van der Waals surface area contributed by atoms with Crippen LogP contribution in [0.4, 0.5) is 5.13 Å². The molecular formula is C22H26N2O2S. The van der Waals surface area contributed by atoms with Crippen LogP contribution >= 0.6 is 11.3 Å². The Labute approximate surface area is 164 Å². The number of ether oxygens (including phenoxy) is 1. The van der Waals surface area contributed by atoms with Crippen LogP contribution in [0.15, 0.2) is 24.3 Å². The minimum absolute atomic E-state index is 0.108. The average Bonchev–Trinajstić information content (AvgIpc) is 3.01. The van der Waals surface area contributed by atoms with Crippen LogP contribution in [0.25, 0.3) is 0 Å². The maximum atomic E-state index is 12.6. The monoisotopic (exact) mass is 382 g/mol. The Kier molecular flexibility index (Phi) is 4.04. The molecule has 0 saturated heterocycles. The number of methoxy groups -OCH3 is 1. The highest BCUT2D eigenvalue weighted by Crippen LogP contribution is 2.61. The van der Waals surface area contributed by atoms with Crippen molar-refractivity contribution in [2.45, 2.75) is 50.9 Å². The summed E-state index contributed by atoms with van der Waals surface area (Å²) in [6.07, 6.45) is 8.21. The minimum atomic E-state index is -0.108. The van der Waals surface area contributed by atoms with Gasteiger partial charge in [-0.1, -0.05) is 0 Å². The topological polar surface area (TPSA) is 51.2 Å². The van der Waals surface area contributed by atoms with Gasteiger partial charge in [-0.05, 0) is 87.5 Å². The first-order chi connectivity index (χ1) is 13.0. The number of aryl methyl sites for hydroxylation is 1. The third-order valence-corrected chi connectivity index (χ3v) is 7.80. The molecule has 142 valence electrons. The molecule has 0 unspecified atom stereocenters. The van der Waals surface area contributed by atoms with E-state index in [1.807, 2.05) is 12.1 Å². The highest BCUT2D eigenvalue weighted by Gasteiger charge is 2.53. The highest BCUT2D eigenvalue weighted by molar-refractivity contribution is 7.15. The molecule has 4 fully saturated rings. The van der Waals surface area contributed by atoms with Crippen molar-refractivity contribution in [3.63, 3.8) is 0 Å². The Balaban J connectivity index is 1.37. The number of nitrogens with one attached hydrogen (secondary N) is 1. The van der Waals surface area contributed by atoms with Gasteiger partial charge in [0, 0.05) is 15.9 Å². The van der Waals surface area contributed by atoms with Crippen LogP contribution in [0, 0.1) is 24.7 Å².